The zero-order valence-electron chi connectivity index (χ0n) is 10.1. The number of rotatable bonds is 2. The molecular formula is C12H15IN4. The van der Waals surface area contributed by atoms with Gasteiger partial charge in [-0.2, -0.15) is 5.10 Å². The summed E-state index contributed by atoms with van der Waals surface area (Å²) in [4.78, 5) is 4.53. The van der Waals surface area contributed by atoms with Gasteiger partial charge in [-0.05, 0) is 55.5 Å². The summed E-state index contributed by atoms with van der Waals surface area (Å²) in [5.74, 6) is 1.68. The monoisotopic (exact) mass is 342 g/mol. The first kappa shape index (κ1) is 12.3. The predicted molar refractivity (Wildman–Crippen MR) is 77.5 cm³/mol. The number of halogens is 1. The molecule has 0 amide bonds. The quantitative estimate of drug-likeness (QED) is 0.853. The molecule has 0 aliphatic rings. The summed E-state index contributed by atoms with van der Waals surface area (Å²) in [6.07, 6.45) is 3.76. The van der Waals surface area contributed by atoms with Crippen LogP contribution in [0.1, 0.15) is 20.8 Å². The third-order valence-corrected chi connectivity index (χ3v) is 2.58. The van der Waals surface area contributed by atoms with E-state index in [2.05, 4.69) is 58.8 Å². The Morgan fingerprint density at radius 1 is 1.29 bits per heavy atom. The van der Waals surface area contributed by atoms with Gasteiger partial charge >= 0.3 is 0 Å². The van der Waals surface area contributed by atoms with Gasteiger partial charge < -0.3 is 5.32 Å². The Balaban J connectivity index is 2.29. The molecule has 5 heteroatoms. The van der Waals surface area contributed by atoms with Crippen LogP contribution in [0, 0.1) is 3.57 Å². The van der Waals surface area contributed by atoms with Crippen molar-refractivity contribution in [2.45, 2.75) is 26.3 Å². The van der Waals surface area contributed by atoms with E-state index in [4.69, 9.17) is 0 Å². The molecule has 0 aliphatic heterocycles. The van der Waals surface area contributed by atoms with Crippen molar-refractivity contribution >= 4 is 28.4 Å². The van der Waals surface area contributed by atoms with Gasteiger partial charge in [-0.15, -0.1) is 0 Å². The molecule has 2 rings (SSSR count). The molecule has 0 spiro atoms. The Hall–Kier alpha value is -1.11. The van der Waals surface area contributed by atoms with Crippen LogP contribution < -0.4 is 5.32 Å². The Morgan fingerprint density at radius 3 is 2.65 bits per heavy atom. The molecule has 90 valence electrons. The van der Waals surface area contributed by atoms with Gasteiger partial charge in [-0.1, -0.05) is 6.07 Å². The molecule has 4 nitrogen and oxygen atoms in total. The lowest BCUT2D eigenvalue weighted by Gasteiger charge is -2.21. The summed E-state index contributed by atoms with van der Waals surface area (Å²) in [7, 11) is 0. The Morgan fingerprint density at radius 2 is 2.06 bits per heavy atom. The van der Waals surface area contributed by atoms with E-state index >= 15 is 0 Å². The number of aromatic nitrogens is 3. The minimum Gasteiger partial charge on any atom is -0.365 e. The number of hydrogen-bond donors (Lipinski definition) is 1. The van der Waals surface area contributed by atoms with Crippen LogP contribution >= 0.6 is 22.6 Å². The van der Waals surface area contributed by atoms with E-state index in [1.807, 2.05) is 30.6 Å². The maximum Gasteiger partial charge on any atom is 0.155 e. The second-order valence-corrected chi connectivity index (χ2v) is 6.10. The lowest BCUT2D eigenvalue weighted by atomic mass is 10.1. The first-order valence-corrected chi connectivity index (χ1v) is 6.48. The van der Waals surface area contributed by atoms with E-state index < -0.39 is 0 Å². The van der Waals surface area contributed by atoms with E-state index in [0.717, 1.165) is 15.2 Å². The molecule has 17 heavy (non-hydrogen) atoms. The highest BCUT2D eigenvalue weighted by Gasteiger charge is 2.10. The fourth-order valence-corrected chi connectivity index (χ4v) is 1.82. The van der Waals surface area contributed by atoms with Gasteiger partial charge in [0, 0.05) is 11.7 Å². The molecule has 1 N–H and O–H groups in total. The lowest BCUT2D eigenvalue weighted by molar-refractivity contribution is 0.629. The van der Waals surface area contributed by atoms with Crippen LogP contribution in [0.5, 0.6) is 0 Å². The Bertz CT molecular complexity index is 513. The molecule has 2 aromatic rings. The smallest absolute Gasteiger partial charge is 0.155 e. The largest absolute Gasteiger partial charge is 0.365 e. The van der Waals surface area contributed by atoms with E-state index in [0.29, 0.717) is 0 Å². The number of hydrogen-bond acceptors (Lipinski definition) is 3. The van der Waals surface area contributed by atoms with Crippen LogP contribution in [0.2, 0.25) is 0 Å². The van der Waals surface area contributed by atoms with Crippen molar-refractivity contribution < 1.29 is 0 Å². The highest BCUT2D eigenvalue weighted by Crippen LogP contribution is 2.14. The topological polar surface area (TPSA) is 42.7 Å². The molecule has 0 radical (unpaired) electrons. The van der Waals surface area contributed by atoms with Gasteiger partial charge in [0.2, 0.25) is 0 Å². The zero-order valence-corrected chi connectivity index (χ0v) is 12.3. The maximum atomic E-state index is 4.53. The number of nitrogens with one attached hydrogen (secondary N) is 1. The van der Waals surface area contributed by atoms with E-state index in [9.17, 15) is 0 Å². The molecule has 0 aromatic carbocycles. The maximum absolute atomic E-state index is 4.53. The fraction of sp³-hybridized carbons (Fsp3) is 0.333. The van der Waals surface area contributed by atoms with E-state index in [1.165, 1.54) is 0 Å². The van der Waals surface area contributed by atoms with Crippen molar-refractivity contribution in [3.63, 3.8) is 0 Å². The van der Waals surface area contributed by atoms with Gasteiger partial charge in [0.05, 0.1) is 9.77 Å². The summed E-state index contributed by atoms with van der Waals surface area (Å²) >= 11 is 2.23. The van der Waals surface area contributed by atoms with Gasteiger partial charge in [0.25, 0.3) is 0 Å². The van der Waals surface area contributed by atoms with E-state index in [1.54, 1.807) is 4.68 Å². The molecule has 0 saturated heterocycles. The normalized spacial score (nSPS) is 11.5. The minimum atomic E-state index is 0.00413. The van der Waals surface area contributed by atoms with Gasteiger partial charge in [0.1, 0.15) is 5.82 Å². The minimum absolute atomic E-state index is 0.00413. The molecule has 0 aliphatic carbocycles. The summed E-state index contributed by atoms with van der Waals surface area (Å²) in [5, 5.41) is 7.59. The van der Waals surface area contributed by atoms with Crippen LogP contribution in [0.4, 0.5) is 5.82 Å². The zero-order chi connectivity index (χ0) is 12.5. The second kappa shape index (κ2) is 4.64. The van der Waals surface area contributed by atoms with E-state index in [-0.39, 0.29) is 5.54 Å². The van der Waals surface area contributed by atoms with Crippen LogP contribution in [0.15, 0.2) is 30.6 Å². The van der Waals surface area contributed by atoms with Crippen molar-refractivity contribution in [3.8, 4) is 5.82 Å². The summed E-state index contributed by atoms with van der Waals surface area (Å²) < 4.78 is 2.87. The lowest BCUT2D eigenvalue weighted by Crippen LogP contribution is -2.26. The average Bonchev–Trinajstić information content (AvgIpc) is 2.63. The van der Waals surface area contributed by atoms with Gasteiger partial charge in [-0.3, -0.25) is 0 Å². The summed E-state index contributed by atoms with van der Waals surface area (Å²) in [6, 6.07) is 5.88. The first-order chi connectivity index (χ1) is 7.94. The summed E-state index contributed by atoms with van der Waals surface area (Å²) in [5.41, 5.74) is 0.00413. The standard InChI is InChI=1S/C12H15IN4/c1-12(2,3)16-10-5-4-6-11(15-10)17-8-9(13)7-14-17/h4-8H,1-3H3,(H,15,16). The highest BCUT2D eigenvalue weighted by molar-refractivity contribution is 14.1. The molecule has 2 aromatic heterocycles. The average molecular weight is 342 g/mol. The van der Waals surface area contributed by atoms with Crippen molar-refractivity contribution in [1.29, 1.82) is 0 Å². The number of pyridine rings is 1. The number of anilines is 1. The SMILES string of the molecule is CC(C)(C)Nc1cccc(-n2cc(I)cn2)n1. The Labute approximate surface area is 115 Å². The van der Waals surface area contributed by atoms with Gasteiger partial charge in [0.15, 0.2) is 5.82 Å². The van der Waals surface area contributed by atoms with Crippen molar-refractivity contribution in [1.82, 2.24) is 14.8 Å². The molecule has 2 heterocycles. The van der Waals surface area contributed by atoms with Crippen LogP contribution in [0.3, 0.4) is 0 Å². The third-order valence-electron chi connectivity index (χ3n) is 2.02. The first-order valence-electron chi connectivity index (χ1n) is 5.40. The molecular weight excluding hydrogens is 327 g/mol. The summed E-state index contributed by atoms with van der Waals surface area (Å²) in [6.45, 7) is 6.33. The fourth-order valence-electron chi connectivity index (χ4n) is 1.43. The Kier molecular flexibility index (Phi) is 3.37. The van der Waals surface area contributed by atoms with Crippen molar-refractivity contribution in [2.24, 2.45) is 0 Å². The highest BCUT2D eigenvalue weighted by atomic mass is 127. The molecule has 0 fully saturated rings. The van der Waals surface area contributed by atoms with Crippen molar-refractivity contribution in [3.05, 3.63) is 34.2 Å². The van der Waals surface area contributed by atoms with Crippen molar-refractivity contribution in [2.75, 3.05) is 5.32 Å². The van der Waals surface area contributed by atoms with Crippen LogP contribution in [0.25, 0.3) is 5.82 Å². The third kappa shape index (κ3) is 3.42. The van der Waals surface area contributed by atoms with Crippen LogP contribution in [-0.4, -0.2) is 20.3 Å². The second-order valence-electron chi connectivity index (χ2n) is 4.86. The molecule has 0 atom stereocenters. The molecule has 0 saturated carbocycles. The number of nitrogens with zero attached hydrogens (tertiary/aromatic N) is 3. The molecule has 0 bridgehead atoms. The van der Waals surface area contributed by atoms with Crippen LogP contribution in [-0.2, 0) is 0 Å². The molecule has 0 unspecified atom stereocenters. The predicted octanol–water partition coefficient (Wildman–Crippen LogP) is 3.08. The van der Waals surface area contributed by atoms with Gasteiger partial charge in [-0.25, -0.2) is 9.67 Å².